The van der Waals surface area contributed by atoms with Gasteiger partial charge >= 0.3 is 0 Å². The van der Waals surface area contributed by atoms with Gasteiger partial charge in [-0.05, 0) is 32.4 Å². The van der Waals surface area contributed by atoms with Crippen molar-refractivity contribution in [2.75, 3.05) is 13.2 Å². The summed E-state index contributed by atoms with van der Waals surface area (Å²) in [5.74, 6) is 0.686. The first-order chi connectivity index (χ1) is 14.1. The summed E-state index contributed by atoms with van der Waals surface area (Å²) in [6.07, 6.45) is 5.37. The molecule has 1 fully saturated rings. The highest BCUT2D eigenvalue weighted by molar-refractivity contribution is 5.92. The zero-order valence-electron chi connectivity index (χ0n) is 16.2. The van der Waals surface area contributed by atoms with Crippen LogP contribution in [0.25, 0.3) is 11.3 Å². The van der Waals surface area contributed by atoms with E-state index in [2.05, 4.69) is 25.4 Å². The van der Waals surface area contributed by atoms with Crippen molar-refractivity contribution >= 4 is 5.91 Å². The fourth-order valence-electron chi connectivity index (χ4n) is 2.96. The van der Waals surface area contributed by atoms with E-state index in [4.69, 9.17) is 14.0 Å². The van der Waals surface area contributed by atoms with Gasteiger partial charge in [0.2, 0.25) is 5.88 Å². The van der Waals surface area contributed by atoms with Crippen LogP contribution in [-0.4, -0.2) is 45.3 Å². The van der Waals surface area contributed by atoms with Gasteiger partial charge in [0.25, 0.3) is 5.91 Å². The molecule has 3 aromatic heterocycles. The fraction of sp³-hybridized carbons (Fsp3) is 0.350. The van der Waals surface area contributed by atoms with Crippen molar-refractivity contribution in [3.8, 4) is 17.1 Å². The Morgan fingerprint density at radius 1 is 1.21 bits per heavy atom. The number of aryl methyl sites for hydroxylation is 2. The predicted octanol–water partition coefficient (Wildman–Crippen LogP) is 2.24. The molecule has 1 unspecified atom stereocenters. The number of amides is 1. The lowest BCUT2D eigenvalue weighted by Gasteiger charge is -2.10. The molecule has 1 atom stereocenters. The van der Waals surface area contributed by atoms with Gasteiger partial charge in [0.05, 0.1) is 30.6 Å². The number of carbonyl (C=O) groups excluding carboxylic acids is 1. The summed E-state index contributed by atoms with van der Waals surface area (Å²) >= 11 is 0. The second-order valence-electron chi connectivity index (χ2n) is 6.82. The summed E-state index contributed by atoms with van der Waals surface area (Å²) in [6.45, 7) is 5.14. The minimum Gasteiger partial charge on any atom is -0.471 e. The van der Waals surface area contributed by atoms with Crippen molar-refractivity contribution in [2.45, 2.75) is 32.9 Å². The summed E-state index contributed by atoms with van der Waals surface area (Å²) in [5.41, 5.74) is 3.49. The standard InChI is InChI=1S/C20H21N5O4/c1-12-3-4-14(7-21-12)19-16(13(2)29-25-19)11-28-18-9-22-17(8-23-18)20(26)24-15-5-6-27-10-15/h3-4,7-9,15H,5-6,10-11H2,1-2H3,(H,24,26). The van der Waals surface area contributed by atoms with Gasteiger partial charge in [-0.15, -0.1) is 0 Å². The Morgan fingerprint density at radius 2 is 2.10 bits per heavy atom. The molecule has 0 saturated carbocycles. The van der Waals surface area contributed by atoms with E-state index in [1.807, 2.05) is 26.0 Å². The molecule has 1 aliphatic rings. The molecule has 0 aromatic carbocycles. The van der Waals surface area contributed by atoms with Gasteiger partial charge in [-0.1, -0.05) is 5.16 Å². The predicted molar refractivity (Wildman–Crippen MR) is 102 cm³/mol. The van der Waals surface area contributed by atoms with Crippen molar-refractivity contribution in [1.29, 1.82) is 0 Å². The van der Waals surface area contributed by atoms with Crippen molar-refractivity contribution in [2.24, 2.45) is 0 Å². The van der Waals surface area contributed by atoms with Crippen LogP contribution in [0.1, 0.15) is 33.9 Å². The minimum absolute atomic E-state index is 0.0199. The molecule has 0 aliphatic carbocycles. The number of hydrogen-bond acceptors (Lipinski definition) is 8. The van der Waals surface area contributed by atoms with Gasteiger partial charge in [-0.3, -0.25) is 9.78 Å². The van der Waals surface area contributed by atoms with E-state index >= 15 is 0 Å². The Labute approximate surface area is 167 Å². The maximum Gasteiger partial charge on any atom is 0.271 e. The molecule has 1 N–H and O–H groups in total. The molecule has 1 saturated heterocycles. The number of carbonyl (C=O) groups is 1. The molecule has 9 heteroatoms. The minimum atomic E-state index is -0.274. The quantitative estimate of drug-likeness (QED) is 0.676. The first-order valence-electron chi connectivity index (χ1n) is 9.32. The van der Waals surface area contributed by atoms with Crippen LogP contribution < -0.4 is 10.1 Å². The third kappa shape index (κ3) is 4.40. The summed E-state index contributed by atoms with van der Waals surface area (Å²) in [4.78, 5) is 24.8. The smallest absolute Gasteiger partial charge is 0.271 e. The average Bonchev–Trinajstić information content (AvgIpc) is 3.37. The second-order valence-corrected chi connectivity index (χ2v) is 6.82. The first-order valence-corrected chi connectivity index (χ1v) is 9.32. The first kappa shape index (κ1) is 19.0. The van der Waals surface area contributed by atoms with Gasteiger partial charge < -0.3 is 19.3 Å². The van der Waals surface area contributed by atoms with Gasteiger partial charge in [-0.2, -0.15) is 0 Å². The summed E-state index contributed by atoms with van der Waals surface area (Å²) in [7, 11) is 0. The third-order valence-corrected chi connectivity index (χ3v) is 4.66. The number of nitrogens with one attached hydrogen (secondary N) is 1. The Bertz CT molecular complexity index is 979. The lowest BCUT2D eigenvalue weighted by atomic mass is 10.1. The number of pyridine rings is 1. The average molecular weight is 395 g/mol. The highest BCUT2D eigenvalue weighted by Crippen LogP contribution is 2.25. The van der Waals surface area contributed by atoms with Crippen molar-refractivity contribution in [1.82, 2.24) is 25.4 Å². The number of rotatable bonds is 6. The van der Waals surface area contributed by atoms with Crippen LogP contribution in [0.15, 0.2) is 35.2 Å². The van der Waals surface area contributed by atoms with Crippen molar-refractivity contribution in [3.05, 3.63) is 53.4 Å². The van der Waals surface area contributed by atoms with Crippen LogP contribution in [0.2, 0.25) is 0 Å². The summed E-state index contributed by atoms with van der Waals surface area (Å²) < 4.78 is 16.3. The summed E-state index contributed by atoms with van der Waals surface area (Å²) in [6, 6.07) is 3.87. The van der Waals surface area contributed by atoms with Gasteiger partial charge in [0.15, 0.2) is 0 Å². The zero-order chi connectivity index (χ0) is 20.2. The van der Waals surface area contributed by atoms with Crippen LogP contribution in [0.4, 0.5) is 0 Å². The van der Waals surface area contributed by atoms with E-state index in [-0.39, 0.29) is 24.2 Å². The molecule has 3 aromatic rings. The van der Waals surface area contributed by atoms with E-state index < -0.39 is 0 Å². The Morgan fingerprint density at radius 3 is 2.79 bits per heavy atom. The lowest BCUT2D eigenvalue weighted by Crippen LogP contribution is -2.35. The van der Waals surface area contributed by atoms with E-state index in [0.717, 1.165) is 23.2 Å². The molecule has 4 heterocycles. The Hall–Kier alpha value is -3.33. The Balaban J connectivity index is 1.41. The molecule has 9 nitrogen and oxygen atoms in total. The number of aromatic nitrogens is 4. The van der Waals surface area contributed by atoms with Crippen LogP contribution in [-0.2, 0) is 11.3 Å². The number of ether oxygens (including phenoxy) is 2. The van der Waals surface area contributed by atoms with Gasteiger partial charge in [-0.25, -0.2) is 9.97 Å². The fourth-order valence-corrected chi connectivity index (χ4v) is 2.96. The number of nitrogens with zero attached hydrogens (tertiary/aromatic N) is 4. The zero-order valence-corrected chi connectivity index (χ0v) is 16.2. The molecule has 0 bridgehead atoms. The van der Waals surface area contributed by atoms with E-state index in [1.54, 1.807) is 6.20 Å². The van der Waals surface area contributed by atoms with E-state index in [9.17, 15) is 4.79 Å². The van der Waals surface area contributed by atoms with Crippen LogP contribution in [0.5, 0.6) is 5.88 Å². The molecule has 0 spiro atoms. The molecule has 1 amide bonds. The monoisotopic (exact) mass is 395 g/mol. The maximum absolute atomic E-state index is 12.2. The third-order valence-electron chi connectivity index (χ3n) is 4.66. The van der Waals surface area contributed by atoms with Gasteiger partial charge in [0, 0.05) is 24.1 Å². The molecular formula is C20H21N5O4. The molecule has 1 aliphatic heterocycles. The highest BCUT2D eigenvalue weighted by atomic mass is 16.5. The number of hydrogen-bond donors (Lipinski definition) is 1. The van der Waals surface area contributed by atoms with Crippen LogP contribution in [0.3, 0.4) is 0 Å². The molecule has 4 rings (SSSR count). The summed E-state index contributed by atoms with van der Waals surface area (Å²) in [5, 5.41) is 6.99. The van der Waals surface area contributed by atoms with E-state index in [0.29, 0.717) is 30.5 Å². The van der Waals surface area contributed by atoms with Crippen molar-refractivity contribution in [3.63, 3.8) is 0 Å². The normalized spacial score (nSPS) is 16.0. The molecule has 150 valence electrons. The largest absolute Gasteiger partial charge is 0.471 e. The second kappa shape index (κ2) is 8.36. The molecule has 0 radical (unpaired) electrons. The molecular weight excluding hydrogens is 374 g/mol. The molecule has 29 heavy (non-hydrogen) atoms. The topological polar surface area (TPSA) is 112 Å². The van der Waals surface area contributed by atoms with Crippen LogP contribution >= 0.6 is 0 Å². The van der Waals surface area contributed by atoms with Gasteiger partial charge in [0.1, 0.15) is 23.8 Å². The van der Waals surface area contributed by atoms with Crippen LogP contribution in [0, 0.1) is 13.8 Å². The highest BCUT2D eigenvalue weighted by Gasteiger charge is 2.20. The lowest BCUT2D eigenvalue weighted by molar-refractivity contribution is 0.0924. The SMILES string of the molecule is Cc1ccc(-c2noc(C)c2COc2cnc(C(=O)NC3CCOC3)cn2)cn1. The Kier molecular flexibility index (Phi) is 5.48. The van der Waals surface area contributed by atoms with E-state index in [1.165, 1.54) is 12.4 Å². The van der Waals surface area contributed by atoms with Crippen molar-refractivity contribution < 1.29 is 18.8 Å². The maximum atomic E-state index is 12.2.